The van der Waals surface area contributed by atoms with Crippen LogP contribution in [0.2, 0.25) is 0 Å². The number of hydrogen-bond acceptors (Lipinski definition) is 1. The average molecular weight is 262 g/mol. The third-order valence-electron chi connectivity index (χ3n) is 4.22. The Morgan fingerprint density at radius 3 is 2.32 bits per heavy atom. The van der Waals surface area contributed by atoms with Crippen LogP contribution < -0.4 is 9.57 Å². The molecule has 1 aliphatic rings. The van der Waals surface area contributed by atoms with Crippen LogP contribution in [0.15, 0.2) is 12.1 Å². The summed E-state index contributed by atoms with van der Waals surface area (Å²) >= 11 is 0. The Kier molecular flexibility index (Phi) is 5.24. The molecular formula is C17H28NO+. The minimum Gasteiger partial charge on any atom is -0.271 e. The van der Waals surface area contributed by atoms with Crippen molar-refractivity contribution in [2.24, 2.45) is 5.92 Å². The van der Waals surface area contributed by atoms with E-state index in [1.54, 1.807) is 0 Å². The number of aryl methyl sites for hydroxylation is 3. The Bertz CT molecular complexity index is 385. The molecule has 0 radical (unpaired) electrons. The summed E-state index contributed by atoms with van der Waals surface area (Å²) in [6, 6.07) is 4.35. The predicted molar refractivity (Wildman–Crippen MR) is 78.1 cm³/mol. The van der Waals surface area contributed by atoms with Gasteiger partial charge < -0.3 is 0 Å². The number of nitrogens with zero attached hydrogens (tertiary/aromatic N) is 1. The van der Waals surface area contributed by atoms with Crippen LogP contribution in [0.5, 0.6) is 0 Å². The van der Waals surface area contributed by atoms with Crippen LogP contribution in [0.4, 0.5) is 0 Å². The third kappa shape index (κ3) is 4.22. The van der Waals surface area contributed by atoms with E-state index in [4.69, 9.17) is 4.84 Å². The molecule has 1 heterocycles. The lowest BCUT2D eigenvalue weighted by atomic mass is 9.86. The van der Waals surface area contributed by atoms with Crippen LogP contribution in [0.25, 0.3) is 0 Å². The Balaban J connectivity index is 1.76. The van der Waals surface area contributed by atoms with Crippen LogP contribution in [-0.2, 0) is 0 Å². The molecule has 2 rings (SSSR count). The van der Waals surface area contributed by atoms with Crippen molar-refractivity contribution in [2.75, 3.05) is 6.61 Å². The lowest BCUT2D eigenvalue weighted by Gasteiger charge is -2.20. The van der Waals surface area contributed by atoms with E-state index >= 15 is 0 Å². The molecule has 2 heteroatoms. The summed E-state index contributed by atoms with van der Waals surface area (Å²) < 4.78 is 1.98. The van der Waals surface area contributed by atoms with Gasteiger partial charge in [0.05, 0.1) is 0 Å². The zero-order valence-corrected chi connectivity index (χ0v) is 12.7. The first-order valence-corrected chi connectivity index (χ1v) is 7.80. The van der Waals surface area contributed by atoms with Gasteiger partial charge in [0.15, 0.2) is 6.61 Å². The molecule has 0 aromatic carbocycles. The van der Waals surface area contributed by atoms with Crippen molar-refractivity contribution in [3.63, 3.8) is 0 Å². The van der Waals surface area contributed by atoms with E-state index in [2.05, 4.69) is 32.9 Å². The van der Waals surface area contributed by atoms with Crippen molar-refractivity contribution in [2.45, 2.75) is 65.7 Å². The molecule has 1 fully saturated rings. The lowest BCUT2D eigenvalue weighted by Crippen LogP contribution is -2.48. The van der Waals surface area contributed by atoms with Crippen molar-refractivity contribution >= 4 is 0 Å². The molecule has 0 N–H and O–H groups in total. The van der Waals surface area contributed by atoms with E-state index in [-0.39, 0.29) is 0 Å². The summed E-state index contributed by atoms with van der Waals surface area (Å²) in [6.07, 6.45) is 9.73. The van der Waals surface area contributed by atoms with Gasteiger partial charge in [-0.1, -0.05) is 32.1 Å². The number of hydrogen-bond donors (Lipinski definition) is 0. The molecule has 0 unspecified atom stereocenters. The maximum atomic E-state index is 5.93. The van der Waals surface area contributed by atoms with Gasteiger partial charge in [-0.25, -0.2) is 0 Å². The Labute approximate surface area is 117 Å². The van der Waals surface area contributed by atoms with Crippen LogP contribution in [0.3, 0.4) is 0 Å². The second-order valence-electron chi connectivity index (χ2n) is 6.09. The van der Waals surface area contributed by atoms with Crippen molar-refractivity contribution in [1.82, 2.24) is 0 Å². The molecule has 1 aromatic rings. The summed E-state index contributed by atoms with van der Waals surface area (Å²) in [5, 5.41) is 0. The van der Waals surface area contributed by atoms with Crippen molar-refractivity contribution in [3.8, 4) is 0 Å². The van der Waals surface area contributed by atoms with Gasteiger partial charge in [-0.15, -0.1) is 0 Å². The fraction of sp³-hybridized carbons (Fsp3) is 0.706. The normalized spacial score (nSPS) is 16.6. The third-order valence-corrected chi connectivity index (χ3v) is 4.22. The molecule has 2 nitrogen and oxygen atoms in total. The SMILES string of the molecule is Cc1cc(C)[n+](OCCCC2CCCCC2)c(C)c1. The maximum Gasteiger partial charge on any atom is 0.231 e. The van der Waals surface area contributed by atoms with Crippen LogP contribution in [-0.4, -0.2) is 6.61 Å². The summed E-state index contributed by atoms with van der Waals surface area (Å²) in [7, 11) is 0. The van der Waals surface area contributed by atoms with E-state index in [1.165, 1.54) is 61.9 Å². The zero-order valence-electron chi connectivity index (χ0n) is 12.7. The smallest absolute Gasteiger partial charge is 0.231 e. The highest BCUT2D eigenvalue weighted by Crippen LogP contribution is 2.26. The predicted octanol–water partition coefficient (Wildman–Crippen LogP) is 3.69. The summed E-state index contributed by atoms with van der Waals surface area (Å²) in [4.78, 5) is 5.93. The molecule has 0 aliphatic heterocycles. The van der Waals surface area contributed by atoms with Gasteiger partial charge in [0.25, 0.3) is 0 Å². The van der Waals surface area contributed by atoms with Gasteiger partial charge >= 0.3 is 0 Å². The molecule has 0 amide bonds. The van der Waals surface area contributed by atoms with Gasteiger partial charge in [-0.2, -0.15) is 0 Å². The van der Waals surface area contributed by atoms with Crippen molar-refractivity contribution < 1.29 is 9.57 Å². The van der Waals surface area contributed by atoms with Gasteiger partial charge in [0.2, 0.25) is 11.4 Å². The molecule has 19 heavy (non-hydrogen) atoms. The Morgan fingerprint density at radius 2 is 1.68 bits per heavy atom. The van der Waals surface area contributed by atoms with Crippen molar-refractivity contribution in [1.29, 1.82) is 0 Å². The molecule has 0 saturated heterocycles. The lowest BCUT2D eigenvalue weighted by molar-refractivity contribution is -0.899. The quantitative estimate of drug-likeness (QED) is 0.582. The van der Waals surface area contributed by atoms with E-state index in [0.29, 0.717) is 0 Å². The molecule has 106 valence electrons. The van der Waals surface area contributed by atoms with Gasteiger partial charge in [0, 0.05) is 30.7 Å². The summed E-state index contributed by atoms with van der Waals surface area (Å²) in [5.74, 6) is 0.961. The monoisotopic (exact) mass is 262 g/mol. The molecule has 0 atom stereocenters. The molecular weight excluding hydrogens is 234 g/mol. The molecule has 1 aliphatic carbocycles. The Morgan fingerprint density at radius 1 is 1.05 bits per heavy atom. The molecule has 1 saturated carbocycles. The number of rotatable bonds is 5. The van der Waals surface area contributed by atoms with Crippen molar-refractivity contribution in [3.05, 3.63) is 29.1 Å². The van der Waals surface area contributed by atoms with E-state index < -0.39 is 0 Å². The fourth-order valence-electron chi connectivity index (χ4n) is 3.30. The standard InChI is InChI=1S/C17H28NO/c1-14-12-15(2)18(16(3)13-14)19-11-7-10-17-8-5-4-6-9-17/h12-13,17H,4-11H2,1-3H3/q+1. The highest BCUT2D eigenvalue weighted by Gasteiger charge is 2.15. The molecule has 0 bridgehead atoms. The number of pyridine rings is 1. The van der Waals surface area contributed by atoms with Crippen LogP contribution in [0.1, 0.15) is 61.9 Å². The first kappa shape index (κ1) is 14.4. The van der Waals surface area contributed by atoms with Crippen LogP contribution >= 0.6 is 0 Å². The van der Waals surface area contributed by atoms with Gasteiger partial charge in [0.1, 0.15) is 0 Å². The fourth-order valence-corrected chi connectivity index (χ4v) is 3.30. The van der Waals surface area contributed by atoms with Crippen LogP contribution in [0, 0.1) is 26.7 Å². The molecule has 0 spiro atoms. The minimum absolute atomic E-state index is 0.839. The highest BCUT2D eigenvalue weighted by atomic mass is 16.7. The number of aromatic nitrogens is 1. The average Bonchev–Trinajstić information content (AvgIpc) is 2.38. The summed E-state index contributed by atoms with van der Waals surface area (Å²) in [6.45, 7) is 7.20. The Hall–Kier alpha value is -1.05. The van der Waals surface area contributed by atoms with E-state index in [0.717, 1.165) is 12.5 Å². The molecule has 1 aromatic heterocycles. The van der Waals surface area contributed by atoms with Gasteiger partial charge in [-0.3, -0.25) is 4.84 Å². The largest absolute Gasteiger partial charge is 0.271 e. The van der Waals surface area contributed by atoms with E-state index in [1.807, 2.05) is 4.73 Å². The second-order valence-corrected chi connectivity index (χ2v) is 6.09. The maximum absolute atomic E-state index is 5.93. The first-order valence-electron chi connectivity index (χ1n) is 7.80. The minimum atomic E-state index is 0.839. The van der Waals surface area contributed by atoms with Gasteiger partial charge in [-0.05, 0) is 31.2 Å². The topological polar surface area (TPSA) is 13.1 Å². The zero-order chi connectivity index (χ0) is 13.7. The highest BCUT2D eigenvalue weighted by molar-refractivity contribution is 5.13. The summed E-state index contributed by atoms with van der Waals surface area (Å²) in [5.41, 5.74) is 3.68. The first-order chi connectivity index (χ1) is 9.16. The second kappa shape index (κ2) is 6.93. The van der Waals surface area contributed by atoms with E-state index in [9.17, 15) is 0 Å².